The number of nitrogens with one attached hydrogen (secondary N) is 2. The molecule has 12 nitrogen and oxygen atoms in total. The molecule has 10 N–H and O–H groups in total. The number of aliphatic imine (C=N–C) groups is 2. The molecule has 0 unspecified atom stereocenters. The smallest absolute Gasteiger partial charge is 0.371 e. The van der Waals surface area contributed by atoms with Gasteiger partial charge < -0.3 is 43.0 Å². The van der Waals surface area contributed by atoms with Gasteiger partial charge in [0.05, 0.1) is 61.5 Å². The summed E-state index contributed by atoms with van der Waals surface area (Å²) in [6.45, 7) is 0.0114. The van der Waals surface area contributed by atoms with E-state index in [0.29, 0.717) is 17.5 Å². The summed E-state index contributed by atoms with van der Waals surface area (Å²) >= 11 is 0. The van der Waals surface area contributed by atoms with Crippen molar-refractivity contribution in [2.24, 2.45) is 56.6 Å². The van der Waals surface area contributed by atoms with E-state index in [4.69, 9.17) is 32.4 Å². The Balaban J connectivity index is 0.00000451. The van der Waals surface area contributed by atoms with E-state index in [-0.39, 0.29) is 76.1 Å². The first kappa shape index (κ1) is 43.2. The number of hydrogen-bond acceptors (Lipinski definition) is 6. The molecule has 4 rings (SSSR count). The number of amides is 2. The lowest BCUT2D eigenvalue weighted by Crippen LogP contribution is -2.54. The number of guanidine groups is 2. The highest BCUT2D eigenvalue weighted by Gasteiger charge is 2.63. The number of carbonyl (C=O) groups is 2. The molecule has 2 aliphatic rings. The van der Waals surface area contributed by atoms with Crippen molar-refractivity contribution in [3.8, 4) is 0 Å². The molecule has 284 valence electrons. The van der Waals surface area contributed by atoms with E-state index in [1.54, 1.807) is 0 Å². The maximum absolute atomic E-state index is 13.6. The highest BCUT2D eigenvalue weighted by Crippen LogP contribution is 2.55. The van der Waals surface area contributed by atoms with Crippen molar-refractivity contribution in [3.05, 3.63) is 70.8 Å². The van der Waals surface area contributed by atoms with E-state index < -0.39 is 71.2 Å². The summed E-state index contributed by atoms with van der Waals surface area (Å²) in [5, 5.41) is 5.50. The summed E-state index contributed by atoms with van der Waals surface area (Å²) in [6, 6.07) is 8.79. The number of rotatable bonds is 14. The van der Waals surface area contributed by atoms with Crippen LogP contribution in [0.15, 0.2) is 58.5 Å². The van der Waals surface area contributed by atoms with Crippen molar-refractivity contribution in [2.45, 2.75) is 44.2 Å². The Morgan fingerprint density at radius 3 is 1.27 bits per heavy atom. The Labute approximate surface area is 302 Å². The highest BCUT2D eigenvalue weighted by atomic mass is 35.5. The highest BCUT2D eigenvalue weighted by molar-refractivity contribution is 5.89. The zero-order valence-electron chi connectivity index (χ0n) is 27.0. The first-order valence-electron chi connectivity index (χ1n) is 15.3. The van der Waals surface area contributed by atoms with Gasteiger partial charge in [0.15, 0.2) is 11.9 Å². The van der Waals surface area contributed by atoms with Crippen molar-refractivity contribution in [3.63, 3.8) is 0 Å². The summed E-state index contributed by atoms with van der Waals surface area (Å²) in [6.07, 6.45) is -10.3. The van der Waals surface area contributed by atoms with Crippen LogP contribution in [-0.2, 0) is 44.6 Å². The number of nitrogens with two attached hydrogens (primary N) is 4. The Kier molecular flexibility index (Phi) is 15.6. The molecule has 51 heavy (non-hydrogen) atoms. The lowest BCUT2D eigenvalue weighted by molar-refractivity contribution is -0.158. The summed E-state index contributed by atoms with van der Waals surface area (Å²) < 4.78 is 91.1. The van der Waals surface area contributed by atoms with Crippen LogP contribution in [0.1, 0.15) is 28.7 Å². The third-order valence-corrected chi connectivity index (χ3v) is 8.49. The molecule has 0 aliphatic heterocycles. The topological polar surface area (TPSA) is 205 Å². The number of nitrogens with zero attached hydrogens (tertiary/aromatic N) is 2. The second kappa shape index (κ2) is 18.5. The molecule has 6 atom stereocenters. The monoisotopic (exact) mass is 772 g/mol. The Bertz CT molecular complexity index is 1390. The third kappa shape index (κ3) is 11.5. The fraction of sp³-hybridized carbons (Fsp3) is 0.484. The predicted octanol–water partition coefficient (Wildman–Crippen LogP) is 2.70. The van der Waals surface area contributed by atoms with Gasteiger partial charge in [-0.1, -0.05) is 24.3 Å². The van der Waals surface area contributed by atoms with Crippen molar-refractivity contribution in [1.29, 1.82) is 0 Å². The van der Waals surface area contributed by atoms with Gasteiger partial charge in [-0.3, -0.25) is 19.6 Å². The summed E-state index contributed by atoms with van der Waals surface area (Å²) in [5.74, 6) is -4.23. The molecule has 0 aromatic heterocycles. The predicted molar refractivity (Wildman–Crippen MR) is 180 cm³/mol. The minimum atomic E-state index is -4.53. The lowest BCUT2D eigenvalue weighted by Gasteiger charge is -2.39. The second-order valence-electron chi connectivity index (χ2n) is 11.8. The molecule has 2 bridgehead atoms. The Morgan fingerprint density at radius 1 is 0.647 bits per heavy atom. The van der Waals surface area contributed by atoms with Gasteiger partial charge in [0.2, 0.25) is 11.8 Å². The van der Waals surface area contributed by atoms with E-state index in [1.165, 1.54) is 24.3 Å². The fourth-order valence-corrected chi connectivity index (χ4v) is 6.38. The van der Waals surface area contributed by atoms with E-state index in [2.05, 4.69) is 20.6 Å². The quantitative estimate of drug-likeness (QED) is 0.0727. The lowest BCUT2D eigenvalue weighted by atomic mass is 9.75. The molecular weight excluding hydrogens is 733 g/mol. The van der Waals surface area contributed by atoms with Gasteiger partial charge in [-0.05, 0) is 41.8 Å². The van der Waals surface area contributed by atoms with Crippen LogP contribution < -0.4 is 33.6 Å². The molecule has 0 radical (unpaired) electrons. The average Bonchev–Trinajstić information content (AvgIpc) is 3.58. The zero-order chi connectivity index (χ0) is 35.9. The van der Waals surface area contributed by atoms with Crippen molar-refractivity contribution in [2.75, 3.05) is 26.2 Å². The Morgan fingerprint density at radius 2 is 0.980 bits per heavy atom. The maximum Gasteiger partial charge on any atom is 0.416 e. The zero-order valence-corrected chi connectivity index (χ0v) is 28.6. The molecule has 20 heteroatoms. The normalized spacial score (nSPS) is 22.2. The van der Waals surface area contributed by atoms with Gasteiger partial charge in [0.1, 0.15) is 0 Å². The van der Waals surface area contributed by atoms with Crippen LogP contribution in [0.2, 0.25) is 0 Å². The first-order valence-corrected chi connectivity index (χ1v) is 15.3. The van der Waals surface area contributed by atoms with Crippen LogP contribution in [0, 0.1) is 23.7 Å². The van der Waals surface area contributed by atoms with Crippen molar-refractivity contribution < 1.29 is 45.4 Å². The van der Waals surface area contributed by atoms with Crippen molar-refractivity contribution >= 4 is 48.5 Å². The molecule has 2 fully saturated rings. The number of benzene rings is 2. The van der Waals surface area contributed by atoms with Crippen LogP contribution in [0.5, 0.6) is 0 Å². The molecule has 2 aliphatic carbocycles. The van der Waals surface area contributed by atoms with E-state index in [9.17, 15) is 35.9 Å². The van der Waals surface area contributed by atoms with Crippen LogP contribution in [-0.4, -0.2) is 62.1 Å². The van der Waals surface area contributed by atoms with Gasteiger partial charge in [0.25, 0.3) is 0 Å². The molecule has 0 saturated heterocycles. The van der Waals surface area contributed by atoms with Gasteiger partial charge >= 0.3 is 12.4 Å². The molecule has 0 heterocycles. The number of fused-ring (bicyclic) bond motifs is 2. The minimum absolute atomic E-state index is 0. The SMILES string of the molecule is Cl.Cl.NC(N)=NCCNC(=O)[C@@H]1[C@@H]2C[C@@H]([C@@H](OCc3ccc(C(F)(F)F)cc3)[C@H]2OCc2ccc(C(F)(F)F)cc2)[C@H]1C(=O)NCCN=C(N)N. The largest absolute Gasteiger partial charge is 0.416 e. The van der Waals surface area contributed by atoms with Crippen LogP contribution in [0.25, 0.3) is 0 Å². The maximum atomic E-state index is 13.6. The van der Waals surface area contributed by atoms with Crippen LogP contribution >= 0.6 is 24.8 Å². The molecule has 2 saturated carbocycles. The standard InChI is InChI=1S/C31H38F6N8O4.2ClH/c32-30(33,34)18-5-1-16(2-6-18)14-48-24-20-13-21(25(24)49-15-17-3-7-19(8-4-17)31(35,36)37)23(27(47)43-10-12-45-29(40)41)22(20)26(46)42-9-11-44-28(38)39;;/h1-8,20-25H,9-15H2,(H,42,46)(H,43,47)(H4,38,39,44)(H4,40,41,45);2*1H/t20-,21+,22-,23-,24-,25+;;/m1../s1. The minimum Gasteiger partial charge on any atom is -0.371 e. The summed E-state index contributed by atoms with van der Waals surface area (Å²) in [7, 11) is 0. The molecular formula is C31H40Cl2F6N8O4. The molecule has 0 spiro atoms. The first-order chi connectivity index (χ1) is 23.1. The number of hydrogen-bond donors (Lipinski definition) is 6. The number of halogens is 8. The van der Waals surface area contributed by atoms with Gasteiger partial charge in [-0.2, -0.15) is 26.3 Å². The van der Waals surface area contributed by atoms with Gasteiger partial charge in [0, 0.05) is 24.9 Å². The van der Waals surface area contributed by atoms with E-state index in [0.717, 1.165) is 24.3 Å². The summed E-state index contributed by atoms with van der Waals surface area (Å²) in [5.41, 5.74) is 20.6. The van der Waals surface area contributed by atoms with E-state index in [1.807, 2.05) is 0 Å². The van der Waals surface area contributed by atoms with Crippen LogP contribution in [0.3, 0.4) is 0 Å². The van der Waals surface area contributed by atoms with Gasteiger partial charge in [-0.15, -0.1) is 24.8 Å². The summed E-state index contributed by atoms with van der Waals surface area (Å²) in [4.78, 5) is 34.9. The van der Waals surface area contributed by atoms with Crippen molar-refractivity contribution in [1.82, 2.24) is 10.6 Å². The Hall–Kier alpha value is -4.00. The van der Waals surface area contributed by atoms with Crippen LogP contribution in [0.4, 0.5) is 26.3 Å². The number of ether oxygens (including phenoxy) is 2. The fourth-order valence-electron chi connectivity index (χ4n) is 6.38. The average molecular weight is 774 g/mol. The molecule has 2 amide bonds. The molecule has 2 aromatic carbocycles. The van der Waals surface area contributed by atoms with Gasteiger partial charge in [-0.25, -0.2) is 0 Å². The molecule has 2 aromatic rings. The van der Waals surface area contributed by atoms with E-state index >= 15 is 0 Å². The number of carbonyl (C=O) groups excluding carboxylic acids is 2. The third-order valence-electron chi connectivity index (χ3n) is 8.49. The number of alkyl halides is 6. The second-order valence-corrected chi connectivity index (χ2v) is 11.8.